The molecule has 4 nitrogen and oxygen atoms in total. The molecule has 3 aromatic heterocycles. The second kappa shape index (κ2) is 8.68. The molecule has 0 N–H and O–H groups in total. The first-order valence-corrected chi connectivity index (χ1v) is 15.6. The molecule has 0 saturated heterocycles. The maximum atomic E-state index is 6.20. The molecule has 212 valence electrons. The molecule has 0 aliphatic carbocycles. The number of nitrogens with zero attached hydrogens (tertiary/aromatic N) is 3. The average Bonchev–Trinajstić information content (AvgIpc) is 3.65. The van der Waals surface area contributed by atoms with E-state index in [0.717, 1.165) is 61.1 Å². The minimum Gasteiger partial charge on any atom is -0.456 e. The lowest BCUT2D eigenvalue weighted by atomic mass is 9.91. The largest absolute Gasteiger partial charge is 0.456 e. The summed E-state index contributed by atoms with van der Waals surface area (Å²) in [6.07, 6.45) is 0. The van der Waals surface area contributed by atoms with Crippen LogP contribution in [0, 0.1) is 0 Å². The Morgan fingerprint density at radius 3 is 2.00 bits per heavy atom. The zero-order valence-electron chi connectivity index (χ0n) is 24.5. The Hall–Kier alpha value is -6.26. The van der Waals surface area contributed by atoms with Crippen LogP contribution >= 0.6 is 0 Å². The molecule has 11 rings (SSSR count). The van der Waals surface area contributed by atoms with Gasteiger partial charge < -0.3 is 4.42 Å². The third kappa shape index (κ3) is 3.07. The minimum atomic E-state index is 0.815. The van der Waals surface area contributed by atoms with E-state index >= 15 is 0 Å². The molecular formula is C42H23N3O. The average molecular weight is 586 g/mol. The highest BCUT2D eigenvalue weighted by atomic mass is 16.3. The van der Waals surface area contributed by atoms with E-state index in [4.69, 9.17) is 14.4 Å². The number of furan rings is 1. The molecule has 0 spiro atoms. The molecule has 46 heavy (non-hydrogen) atoms. The Balaban J connectivity index is 1.35. The van der Waals surface area contributed by atoms with Crippen LogP contribution in [0.5, 0.6) is 0 Å². The zero-order valence-corrected chi connectivity index (χ0v) is 24.5. The number of hydrogen-bond acceptors (Lipinski definition) is 3. The van der Waals surface area contributed by atoms with Gasteiger partial charge in [-0.15, -0.1) is 0 Å². The summed E-state index contributed by atoms with van der Waals surface area (Å²) in [5, 5.41) is 12.2. The Labute approximate surface area is 262 Å². The number of benzene rings is 8. The summed E-state index contributed by atoms with van der Waals surface area (Å²) in [7, 11) is 0. The van der Waals surface area contributed by atoms with Gasteiger partial charge in [-0.2, -0.15) is 0 Å². The lowest BCUT2D eigenvalue weighted by Crippen LogP contribution is -2.03. The highest BCUT2D eigenvalue weighted by molar-refractivity contribution is 6.39. The maximum Gasteiger partial charge on any atom is 0.165 e. The first-order chi connectivity index (χ1) is 22.8. The topological polar surface area (TPSA) is 43.9 Å². The number of rotatable bonds is 2. The molecule has 0 radical (unpaired) electrons. The first kappa shape index (κ1) is 24.1. The van der Waals surface area contributed by atoms with E-state index in [9.17, 15) is 0 Å². The Morgan fingerprint density at radius 2 is 1.11 bits per heavy atom. The molecule has 0 fully saturated rings. The van der Waals surface area contributed by atoms with Gasteiger partial charge in [-0.25, -0.2) is 9.97 Å². The lowest BCUT2D eigenvalue weighted by molar-refractivity contribution is 0.669. The summed E-state index contributed by atoms with van der Waals surface area (Å²) in [6.45, 7) is 0. The van der Waals surface area contributed by atoms with Crippen molar-refractivity contribution in [3.05, 3.63) is 140 Å². The van der Waals surface area contributed by atoms with Crippen LogP contribution in [0.15, 0.2) is 144 Å². The van der Waals surface area contributed by atoms with Gasteiger partial charge in [0, 0.05) is 32.5 Å². The molecule has 0 atom stereocenters. The standard InChI is InChI=1S/C42H23N3O/c1-2-11-26-24(10-1)23-35-40-38(26)29-14-4-3-12-27(29)30-15-9-18-34(39(30)40)45(35)42-41(43-32-16-6-7-17-33(32)44-42)25-20-21-37-31(22-25)28-13-5-8-19-36(28)46-37/h1-23H. The molecule has 8 aromatic carbocycles. The highest BCUT2D eigenvalue weighted by Crippen LogP contribution is 2.47. The monoisotopic (exact) mass is 585 g/mol. The van der Waals surface area contributed by atoms with Gasteiger partial charge in [0.25, 0.3) is 0 Å². The van der Waals surface area contributed by atoms with Crippen molar-refractivity contribution >= 4 is 87.1 Å². The predicted octanol–water partition coefficient (Wildman–Crippen LogP) is 11.2. The van der Waals surface area contributed by atoms with Gasteiger partial charge in [0.15, 0.2) is 5.82 Å². The summed E-state index contributed by atoms with van der Waals surface area (Å²) < 4.78 is 8.54. The molecule has 4 heteroatoms. The summed E-state index contributed by atoms with van der Waals surface area (Å²) in [5.41, 5.74) is 7.56. The quantitative estimate of drug-likeness (QED) is 0.190. The van der Waals surface area contributed by atoms with Crippen molar-refractivity contribution in [1.82, 2.24) is 14.5 Å². The summed E-state index contributed by atoms with van der Waals surface area (Å²) in [5.74, 6) is 0.815. The smallest absolute Gasteiger partial charge is 0.165 e. The van der Waals surface area contributed by atoms with Gasteiger partial charge in [-0.1, -0.05) is 91.0 Å². The number of aromatic nitrogens is 3. The van der Waals surface area contributed by atoms with E-state index in [1.54, 1.807) is 0 Å². The van der Waals surface area contributed by atoms with E-state index in [0.29, 0.717) is 0 Å². The molecular weight excluding hydrogens is 562 g/mol. The molecule has 0 saturated carbocycles. The Morgan fingerprint density at radius 1 is 0.435 bits per heavy atom. The van der Waals surface area contributed by atoms with Crippen LogP contribution in [0.25, 0.3) is 104 Å². The van der Waals surface area contributed by atoms with E-state index < -0.39 is 0 Å². The second-order valence-electron chi connectivity index (χ2n) is 12.1. The van der Waals surface area contributed by atoms with E-state index in [1.165, 1.54) is 43.1 Å². The van der Waals surface area contributed by atoms with Crippen molar-refractivity contribution in [2.75, 3.05) is 0 Å². The van der Waals surface area contributed by atoms with Crippen molar-refractivity contribution in [1.29, 1.82) is 0 Å². The van der Waals surface area contributed by atoms with Crippen LogP contribution in [0.3, 0.4) is 0 Å². The summed E-state index contributed by atoms with van der Waals surface area (Å²) in [6, 6.07) is 49.3. The summed E-state index contributed by atoms with van der Waals surface area (Å²) in [4.78, 5) is 10.7. The summed E-state index contributed by atoms with van der Waals surface area (Å²) >= 11 is 0. The lowest BCUT2D eigenvalue weighted by Gasteiger charge is -2.14. The molecule has 0 amide bonds. The normalized spacial score (nSPS) is 12.3. The fourth-order valence-corrected chi connectivity index (χ4v) is 7.76. The van der Waals surface area contributed by atoms with Gasteiger partial charge in [-0.05, 0) is 75.5 Å². The van der Waals surface area contributed by atoms with Crippen molar-refractivity contribution < 1.29 is 4.42 Å². The van der Waals surface area contributed by atoms with Gasteiger partial charge in [0.1, 0.15) is 16.9 Å². The molecule has 0 unspecified atom stereocenters. The molecule has 0 bridgehead atoms. The fourth-order valence-electron chi connectivity index (χ4n) is 7.76. The van der Waals surface area contributed by atoms with Crippen molar-refractivity contribution in [2.24, 2.45) is 0 Å². The third-order valence-electron chi connectivity index (χ3n) is 9.70. The SMILES string of the molecule is c1ccc2c(c1)cc1c3c2c2ccccc2c2cccc(c23)n1-c1nc2ccccc2nc1-c1ccc2oc3ccccc3c2c1. The molecule has 3 heterocycles. The van der Waals surface area contributed by atoms with Crippen LogP contribution in [-0.4, -0.2) is 14.5 Å². The second-order valence-corrected chi connectivity index (χ2v) is 12.1. The van der Waals surface area contributed by atoms with Crippen LogP contribution in [-0.2, 0) is 0 Å². The van der Waals surface area contributed by atoms with Crippen molar-refractivity contribution in [3.8, 4) is 17.1 Å². The number of hydrogen-bond donors (Lipinski definition) is 0. The van der Waals surface area contributed by atoms with Gasteiger partial charge in [0.05, 0.1) is 22.1 Å². The van der Waals surface area contributed by atoms with Crippen LogP contribution in [0.2, 0.25) is 0 Å². The minimum absolute atomic E-state index is 0.815. The fraction of sp³-hybridized carbons (Fsp3) is 0. The number of fused-ring (bicyclic) bond motifs is 9. The van der Waals surface area contributed by atoms with E-state index in [2.05, 4.69) is 114 Å². The third-order valence-corrected chi connectivity index (χ3v) is 9.70. The number of para-hydroxylation sites is 3. The van der Waals surface area contributed by atoms with E-state index in [-0.39, 0.29) is 0 Å². The van der Waals surface area contributed by atoms with Crippen molar-refractivity contribution in [3.63, 3.8) is 0 Å². The predicted molar refractivity (Wildman–Crippen MR) is 190 cm³/mol. The first-order valence-electron chi connectivity index (χ1n) is 15.6. The maximum absolute atomic E-state index is 6.20. The Kier molecular flexibility index (Phi) is 4.55. The van der Waals surface area contributed by atoms with Crippen LogP contribution < -0.4 is 0 Å². The highest BCUT2D eigenvalue weighted by Gasteiger charge is 2.24. The molecule has 0 aliphatic heterocycles. The van der Waals surface area contributed by atoms with Gasteiger partial charge in [-0.3, -0.25) is 4.57 Å². The zero-order chi connectivity index (χ0) is 29.9. The van der Waals surface area contributed by atoms with Crippen LogP contribution in [0.4, 0.5) is 0 Å². The van der Waals surface area contributed by atoms with Crippen LogP contribution in [0.1, 0.15) is 0 Å². The van der Waals surface area contributed by atoms with Gasteiger partial charge in [0.2, 0.25) is 0 Å². The van der Waals surface area contributed by atoms with Gasteiger partial charge >= 0.3 is 0 Å². The molecule has 11 aromatic rings. The molecule has 0 aliphatic rings. The Bertz CT molecular complexity index is 3030. The van der Waals surface area contributed by atoms with Crippen molar-refractivity contribution in [2.45, 2.75) is 0 Å². The van der Waals surface area contributed by atoms with E-state index in [1.807, 2.05) is 30.3 Å².